The molecule has 2 unspecified atom stereocenters. The van der Waals surface area contributed by atoms with Gasteiger partial charge in [0.05, 0.1) is 11.0 Å². The van der Waals surface area contributed by atoms with Crippen LogP contribution in [0.1, 0.15) is 22.6 Å². The van der Waals surface area contributed by atoms with Crippen molar-refractivity contribution < 1.29 is 4.42 Å². The van der Waals surface area contributed by atoms with Gasteiger partial charge in [-0.3, -0.25) is 0 Å². The summed E-state index contributed by atoms with van der Waals surface area (Å²) in [6.45, 7) is 0. The molecule has 9 aromatic rings. The molecule has 0 amide bonds. The first kappa shape index (κ1) is 30.4. The summed E-state index contributed by atoms with van der Waals surface area (Å²) in [5.41, 5.74) is 16.5. The summed E-state index contributed by atoms with van der Waals surface area (Å²) in [4.78, 5) is 2.38. The molecule has 3 aliphatic carbocycles. The van der Waals surface area contributed by atoms with Crippen LogP contribution in [0.25, 0.3) is 60.6 Å². The third-order valence-electron chi connectivity index (χ3n) is 11.9. The Kier molecular flexibility index (Phi) is 6.46. The summed E-state index contributed by atoms with van der Waals surface area (Å²) in [5, 5.41) is 4.70. The van der Waals surface area contributed by atoms with Crippen molar-refractivity contribution in [1.82, 2.24) is 4.57 Å². The predicted molar refractivity (Wildman–Crippen MR) is 229 cm³/mol. The smallest absolute Gasteiger partial charge is 0.137 e. The van der Waals surface area contributed by atoms with Crippen LogP contribution in [-0.2, 0) is 0 Å². The molecule has 2 heterocycles. The Morgan fingerprint density at radius 1 is 0.527 bits per heavy atom. The fourth-order valence-electron chi connectivity index (χ4n) is 9.61. The maximum atomic E-state index is 6.50. The van der Waals surface area contributed by atoms with Gasteiger partial charge in [-0.05, 0) is 94.1 Å². The minimum Gasteiger partial charge on any atom is -0.456 e. The monoisotopic (exact) mass is 702 g/mol. The van der Waals surface area contributed by atoms with E-state index < -0.39 is 0 Å². The Bertz CT molecular complexity index is 3110. The van der Waals surface area contributed by atoms with E-state index in [-0.39, 0.29) is 0 Å². The summed E-state index contributed by atoms with van der Waals surface area (Å²) in [5.74, 6) is 0.631. The van der Waals surface area contributed by atoms with Gasteiger partial charge >= 0.3 is 0 Å². The van der Waals surface area contributed by atoms with Gasteiger partial charge in [0.15, 0.2) is 0 Å². The number of rotatable bonds is 5. The maximum Gasteiger partial charge on any atom is 0.137 e. The molecule has 2 atom stereocenters. The van der Waals surface area contributed by atoms with Gasteiger partial charge in [0, 0.05) is 62.2 Å². The second-order valence-electron chi connectivity index (χ2n) is 14.9. The van der Waals surface area contributed by atoms with E-state index in [9.17, 15) is 0 Å². The number of furan rings is 1. The largest absolute Gasteiger partial charge is 0.456 e. The Labute approximate surface area is 318 Å². The van der Waals surface area contributed by atoms with Crippen LogP contribution in [0.3, 0.4) is 0 Å². The molecule has 2 aromatic heterocycles. The molecule has 3 heteroatoms. The van der Waals surface area contributed by atoms with E-state index in [1.54, 1.807) is 0 Å². The van der Waals surface area contributed by atoms with E-state index >= 15 is 0 Å². The van der Waals surface area contributed by atoms with Crippen LogP contribution in [0, 0.1) is 5.92 Å². The lowest BCUT2D eigenvalue weighted by molar-refractivity contribution is 0.669. The molecular formula is C52H34N2O. The zero-order chi connectivity index (χ0) is 36.0. The van der Waals surface area contributed by atoms with Gasteiger partial charge in [0.1, 0.15) is 11.2 Å². The average Bonchev–Trinajstić information content (AvgIpc) is 3.89. The van der Waals surface area contributed by atoms with Gasteiger partial charge in [0.25, 0.3) is 0 Å². The highest BCUT2D eigenvalue weighted by molar-refractivity contribution is 6.17. The topological polar surface area (TPSA) is 21.3 Å². The highest BCUT2D eigenvalue weighted by Crippen LogP contribution is 2.55. The first-order chi connectivity index (χ1) is 27.3. The average molecular weight is 703 g/mol. The van der Waals surface area contributed by atoms with Crippen LogP contribution in [-0.4, -0.2) is 4.57 Å². The first-order valence-electron chi connectivity index (χ1n) is 19.1. The number of benzene rings is 7. The molecule has 3 nitrogen and oxygen atoms in total. The van der Waals surface area contributed by atoms with Crippen LogP contribution in [0.2, 0.25) is 0 Å². The molecule has 0 fully saturated rings. The normalized spacial score (nSPS) is 17.0. The van der Waals surface area contributed by atoms with Crippen molar-refractivity contribution >= 4 is 72.0 Å². The Balaban J connectivity index is 1.15. The van der Waals surface area contributed by atoms with Crippen molar-refractivity contribution in [3.8, 4) is 5.69 Å². The van der Waals surface area contributed by atoms with E-state index in [1.165, 1.54) is 44.2 Å². The quantitative estimate of drug-likeness (QED) is 0.178. The summed E-state index contributed by atoms with van der Waals surface area (Å²) < 4.78 is 8.94. The van der Waals surface area contributed by atoms with Crippen LogP contribution >= 0.6 is 0 Å². The molecule has 0 spiro atoms. The van der Waals surface area contributed by atoms with Crippen LogP contribution < -0.4 is 4.90 Å². The van der Waals surface area contributed by atoms with Crippen molar-refractivity contribution in [2.24, 2.45) is 5.92 Å². The lowest BCUT2D eigenvalue weighted by Gasteiger charge is -2.30. The van der Waals surface area contributed by atoms with Crippen molar-refractivity contribution in [2.75, 3.05) is 4.90 Å². The number of hydrogen-bond acceptors (Lipinski definition) is 2. The third-order valence-corrected chi connectivity index (χ3v) is 11.9. The highest BCUT2D eigenvalue weighted by atomic mass is 16.3. The number of para-hydroxylation sites is 4. The second-order valence-corrected chi connectivity index (χ2v) is 14.9. The van der Waals surface area contributed by atoms with E-state index in [0.717, 1.165) is 55.7 Å². The van der Waals surface area contributed by atoms with Gasteiger partial charge in [-0.1, -0.05) is 127 Å². The Hall–Kier alpha value is -7.10. The first-order valence-corrected chi connectivity index (χ1v) is 19.1. The van der Waals surface area contributed by atoms with E-state index in [1.807, 2.05) is 6.07 Å². The van der Waals surface area contributed by atoms with Crippen molar-refractivity contribution in [3.63, 3.8) is 0 Å². The van der Waals surface area contributed by atoms with Gasteiger partial charge in [0.2, 0.25) is 0 Å². The van der Waals surface area contributed by atoms with Crippen molar-refractivity contribution in [2.45, 2.75) is 5.92 Å². The maximum absolute atomic E-state index is 6.50. The molecule has 258 valence electrons. The highest BCUT2D eigenvalue weighted by Gasteiger charge is 2.40. The zero-order valence-electron chi connectivity index (χ0n) is 29.9. The molecule has 7 aromatic carbocycles. The van der Waals surface area contributed by atoms with E-state index in [2.05, 4.69) is 198 Å². The number of aromatic nitrogens is 1. The molecule has 12 rings (SSSR count). The molecule has 0 saturated carbocycles. The minimum absolute atomic E-state index is 0.295. The molecule has 0 radical (unpaired) electrons. The zero-order valence-corrected chi connectivity index (χ0v) is 29.9. The van der Waals surface area contributed by atoms with Crippen molar-refractivity contribution in [1.29, 1.82) is 0 Å². The third kappa shape index (κ3) is 4.50. The summed E-state index contributed by atoms with van der Waals surface area (Å²) in [7, 11) is 0. The molecule has 0 N–H and O–H groups in total. The second kappa shape index (κ2) is 11.7. The van der Waals surface area contributed by atoms with Crippen molar-refractivity contribution in [3.05, 3.63) is 216 Å². The number of hydrogen-bond donors (Lipinski definition) is 0. The fourth-order valence-corrected chi connectivity index (χ4v) is 9.61. The summed E-state index contributed by atoms with van der Waals surface area (Å²) >= 11 is 0. The standard InChI is InChI=1S/C52H34N2O/c1-3-14-34(15-4-1)53(35-16-5-2-6-17-35)36-28-33(38-26-27-45-40-19-8-7-18-39(40)44-23-13-22-43(38)52(44)45)29-37(30-36)54-48-24-11-9-20-41(48)46-31-47-42-21-10-12-25-50(42)55-51(47)32-49(46)54/h1-32,45,52H. The molecule has 0 aliphatic heterocycles. The van der Waals surface area contributed by atoms with E-state index in [4.69, 9.17) is 4.42 Å². The minimum atomic E-state index is 0.295. The van der Waals surface area contributed by atoms with Gasteiger partial charge in [-0.25, -0.2) is 0 Å². The fraction of sp³-hybridized carbons (Fsp3) is 0.0385. The lowest BCUT2D eigenvalue weighted by atomic mass is 9.74. The van der Waals surface area contributed by atoms with Gasteiger partial charge in [-0.2, -0.15) is 0 Å². The number of nitrogens with zero attached hydrogens (tertiary/aromatic N) is 2. The molecule has 3 aliphatic rings. The number of allylic oxidation sites excluding steroid dienone is 8. The molecule has 0 saturated heterocycles. The van der Waals surface area contributed by atoms with E-state index in [0.29, 0.717) is 11.8 Å². The Morgan fingerprint density at radius 2 is 1.25 bits per heavy atom. The Morgan fingerprint density at radius 3 is 2.09 bits per heavy atom. The summed E-state index contributed by atoms with van der Waals surface area (Å²) in [6.07, 6.45) is 11.8. The predicted octanol–water partition coefficient (Wildman–Crippen LogP) is 13.8. The van der Waals surface area contributed by atoms with Crippen LogP contribution in [0.4, 0.5) is 17.1 Å². The molecule has 55 heavy (non-hydrogen) atoms. The SMILES string of the molecule is C1=CC2=C(c3cc(N(c4ccccc4)c4ccccc4)cc(-n4c5ccccc5c5cc6c(cc54)oc4ccccc46)c3)C=CC3c4ccccc4C(=C1)C23. The van der Waals surface area contributed by atoms with Crippen LogP contribution in [0.15, 0.2) is 204 Å². The van der Waals surface area contributed by atoms with Crippen LogP contribution in [0.5, 0.6) is 0 Å². The van der Waals surface area contributed by atoms with Gasteiger partial charge in [-0.15, -0.1) is 0 Å². The summed E-state index contributed by atoms with van der Waals surface area (Å²) in [6, 6.07) is 59.2. The number of anilines is 3. The lowest BCUT2D eigenvalue weighted by Crippen LogP contribution is -2.15. The molecular weight excluding hydrogens is 669 g/mol. The molecule has 0 bridgehead atoms. The number of fused-ring (bicyclic) bond motifs is 9. The van der Waals surface area contributed by atoms with Gasteiger partial charge < -0.3 is 13.9 Å².